The highest BCUT2D eigenvalue weighted by Gasteiger charge is 2.44. The molecule has 30 heavy (non-hydrogen) atoms. The average molecular weight is 447 g/mol. The molecule has 2 saturated heterocycles. The zero-order valence-corrected chi connectivity index (χ0v) is 18.0. The Labute approximate surface area is 184 Å². The highest BCUT2D eigenvalue weighted by atomic mass is 35.5. The second kappa shape index (κ2) is 9.31. The number of ketones is 1. The summed E-state index contributed by atoms with van der Waals surface area (Å²) in [5, 5.41) is 15.6. The van der Waals surface area contributed by atoms with Gasteiger partial charge in [0.1, 0.15) is 13.1 Å². The maximum absolute atomic E-state index is 13.2. The number of Topliss-reactive ketones (excluding diaryl/α,β-unsaturated/α-hetero) is 1. The van der Waals surface area contributed by atoms with Gasteiger partial charge >= 0.3 is 0 Å². The predicted octanol–water partition coefficient (Wildman–Crippen LogP) is 0.931. The normalized spacial score (nSPS) is 22.0. The van der Waals surface area contributed by atoms with Gasteiger partial charge in [0.15, 0.2) is 0 Å². The first kappa shape index (κ1) is 21.1. The molecule has 2 aliphatic rings. The van der Waals surface area contributed by atoms with Gasteiger partial charge in [-0.05, 0) is 29.1 Å². The second-order valence-electron chi connectivity index (χ2n) is 7.46. The van der Waals surface area contributed by atoms with Gasteiger partial charge in [-0.2, -0.15) is 0 Å². The molecule has 4 rings (SSSR count). The lowest BCUT2D eigenvalue weighted by molar-refractivity contribution is -0.908. The molecule has 8 heteroatoms. The second-order valence-corrected chi connectivity index (χ2v) is 8.88. The minimum Gasteiger partial charge on any atom is -0.872 e. The molecule has 2 fully saturated rings. The van der Waals surface area contributed by atoms with E-state index in [0.29, 0.717) is 17.1 Å². The molecular weight excluding hydrogens is 424 g/mol. The summed E-state index contributed by atoms with van der Waals surface area (Å²) >= 11 is 7.37. The zero-order valence-electron chi connectivity index (χ0n) is 16.4. The van der Waals surface area contributed by atoms with E-state index in [1.807, 2.05) is 17.5 Å². The third-order valence-electron chi connectivity index (χ3n) is 5.58. The summed E-state index contributed by atoms with van der Waals surface area (Å²) in [5.41, 5.74) is 0.389. The van der Waals surface area contributed by atoms with Crippen molar-refractivity contribution in [1.82, 2.24) is 4.90 Å². The lowest BCUT2D eigenvalue weighted by Gasteiger charge is -2.28. The topological polar surface area (TPSA) is 74.1 Å². The third-order valence-corrected chi connectivity index (χ3v) is 6.75. The van der Waals surface area contributed by atoms with Gasteiger partial charge in [0.2, 0.25) is 5.78 Å². The Kier molecular flexibility index (Phi) is 6.53. The number of amides is 1. The molecule has 0 aliphatic carbocycles. The van der Waals surface area contributed by atoms with Crippen molar-refractivity contribution in [3.05, 3.63) is 62.8 Å². The van der Waals surface area contributed by atoms with Crippen LogP contribution in [0.25, 0.3) is 5.76 Å². The van der Waals surface area contributed by atoms with Crippen LogP contribution in [0.5, 0.6) is 0 Å². The number of nitrogens with one attached hydrogen (secondary N) is 1. The first-order chi connectivity index (χ1) is 14.6. The molecule has 1 aromatic heterocycles. The van der Waals surface area contributed by atoms with Crippen LogP contribution < -0.4 is 10.0 Å². The fourth-order valence-electron chi connectivity index (χ4n) is 4.01. The number of benzene rings is 1. The molecule has 0 spiro atoms. The molecule has 2 aliphatic heterocycles. The molecule has 0 saturated carbocycles. The van der Waals surface area contributed by atoms with Crippen molar-refractivity contribution >= 4 is 40.4 Å². The van der Waals surface area contributed by atoms with Gasteiger partial charge in [-0.3, -0.25) is 9.59 Å². The summed E-state index contributed by atoms with van der Waals surface area (Å²) in [7, 11) is 0. The maximum Gasteiger partial charge on any atom is 0.295 e. The van der Waals surface area contributed by atoms with Crippen molar-refractivity contribution < 1.29 is 24.3 Å². The number of rotatable bonds is 6. The molecule has 3 heterocycles. The Morgan fingerprint density at radius 1 is 1.20 bits per heavy atom. The number of morpholine rings is 1. The molecule has 6 nitrogen and oxygen atoms in total. The molecule has 1 atom stereocenters. The van der Waals surface area contributed by atoms with E-state index in [1.54, 1.807) is 29.2 Å². The molecule has 0 radical (unpaired) electrons. The summed E-state index contributed by atoms with van der Waals surface area (Å²) in [5.74, 6) is -1.71. The lowest BCUT2D eigenvalue weighted by Crippen LogP contribution is -3.14. The van der Waals surface area contributed by atoms with E-state index in [1.165, 1.54) is 16.2 Å². The van der Waals surface area contributed by atoms with Crippen molar-refractivity contribution in [2.45, 2.75) is 12.5 Å². The number of ether oxygens (including phenoxy) is 1. The number of carbonyl (C=O) groups excluding carboxylic acids is 2. The molecule has 1 unspecified atom stereocenters. The maximum atomic E-state index is 13.2. The fourth-order valence-corrected chi connectivity index (χ4v) is 4.98. The molecule has 0 bridgehead atoms. The Morgan fingerprint density at radius 3 is 2.60 bits per heavy atom. The molecule has 1 N–H and O–H groups in total. The van der Waals surface area contributed by atoms with E-state index in [-0.39, 0.29) is 5.57 Å². The molecular formula is C22H23ClN2O4S. The van der Waals surface area contributed by atoms with Gasteiger partial charge in [-0.25, -0.2) is 0 Å². The molecule has 1 aromatic carbocycles. The number of hydrogen-bond donors (Lipinski definition) is 1. The smallest absolute Gasteiger partial charge is 0.295 e. The van der Waals surface area contributed by atoms with E-state index in [9.17, 15) is 14.7 Å². The largest absolute Gasteiger partial charge is 0.872 e. The van der Waals surface area contributed by atoms with Crippen molar-refractivity contribution in [3.8, 4) is 0 Å². The van der Waals surface area contributed by atoms with E-state index in [2.05, 4.69) is 0 Å². The van der Waals surface area contributed by atoms with Crippen LogP contribution in [0.4, 0.5) is 0 Å². The zero-order chi connectivity index (χ0) is 21.1. The monoisotopic (exact) mass is 446 g/mol. The van der Waals surface area contributed by atoms with Crippen LogP contribution in [0.2, 0.25) is 5.02 Å². The summed E-state index contributed by atoms with van der Waals surface area (Å²) in [6.07, 6.45) is 0.763. The number of hydrogen-bond acceptors (Lipinski definition) is 5. The summed E-state index contributed by atoms with van der Waals surface area (Å²) in [6, 6.07) is 9.51. The molecule has 1 amide bonds. The highest BCUT2D eigenvalue weighted by molar-refractivity contribution is 7.10. The first-order valence-corrected chi connectivity index (χ1v) is 11.3. The average Bonchev–Trinajstić information content (AvgIpc) is 3.37. The fraction of sp³-hybridized carbons (Fsp3) is 0.364. The first-order valence-electron chi connectivity index (χ1n) is 10.0. The number of quaternary nitrogens is 1. The van der Waals surface area contributed by atoms with E-state index in [0.717, 1.165) is 44.1 Å². The number of thiophene rings is 1. The van der Waals surface area contributed by atoms with E-state index >= 15 is 0 Å². The van der Waals surface area contributed by atoms with Crippen molar-refractivity contribution in [1.29, 1.82) is 0 Å². The van der Waals surface area contributed by atoms with Crippen molar-refractivity contribution in [2.24, 2.45) is 0 Å². The van der Waals surface area contributed by atoms with Crippen LogP contribution in [-0.2, 0) is 14.3 Å². The van der Waals surface area contributed by atoms with Crippen LogP contribution in [0.15, 0.2) is 47.4 Å². The van der Waals surface area contributed by atoms with Crippen LogP contribution in [0, 0.1) is 0 Å². The number of carbonyl (C=O) groups is 2. The summed E-state index contributed by atoms with van der Waals surface area (Å²) in [6.45, 7) is 4.75. The van der Waals surface area contributed by atoms with Crippen LogP contribution in [0.3, 0.4) is 0 Å². The Balaban J connectivity index is 1.61. The summed E-state index contributed by atoms with van der Waals surface area (Å²) in [4.78, 5) is 29.6. The Morgan fingerprint density at radius 2 is 1.93 bits per heavy atom. The third kappa shape index (κ3) is 4.30. The standard InChI is InChI=1S/C22H23ClN2O4S/c23-16-6-4-15(5-7-16)20(26)18-19(17-3-1-14-30-17)25(22(28)21(18)27)9-2-8-24-10-12-29-13-11-24/h1,3-7,14,19,26H,2,8-13H2/b20-18+. The van der Waals surface area contributed by atoms with Crippen molar-refractivity contribution in [3.63, 3.8) is 0 Å². The molecule has 2 aromatic rings. The Hall–Kier alpha value is -2.19. The van der Waals surface area contributed by atoms with Gasteiger partial charge in [-0.15, -0.1) is 11.3 Å². The lowest BCUT2D eigenvalue weighted by atomic mass is 10.00. The SMILES string of the molecule is O=C1C(=O)N(CCC[NH+]2CCOCC2)C(c2cccs2)/C1=C(\[O-])c1ccc(Cl)cc1. The van der Waals surface area contributed by atoms with Gasteiger partial charge in [-0.1, -0.05) is 35.6 Å². The quantitative estimate of drug-likeness (QED) is 0.407. The van der Waals surface area contributed by atoms with Gasteiger partial charge in [0.05, 0.1) is 25.8 Å². The predicted molar refractivity (Wildman–Crippen MR) is 113 cm³/mol. The molecule has 158 valence electrons. The van der Waals surface area contributed by atoms with Crippen LogP contribution in [-0.4, -0.2) is 56.0 Å². The van der Waals surface area contributed by atoms with E-state index in [4.69, 9.17) is 16.3 Å². The highest BCUT2D eigenvalue weighted by Crippen LogP contribution is 2.40. The summed E-state index contributed by atoms with van der Waals surface area (Å²) < 4.78 is 5.39. The minimum atomic E-state index is -0.702. The van der Waals surface area contributed by atoms with Crippen molar-refractivity contribution in [2.75, 3.05) is 39.4 Å². The Bertz CT molecular complexity index is 937. The van der Waals surface area contributed by atoms with Gasteiger partial charge < -0.3 is 19.6 Å². The number of halogens is 1. The minimum absolute atomic E-state index is 0.0310. The number of nitrogens with zero attached hydrogens (tertiary/aromatic N) is 1. The van der Waals surface area contributed by atoms with E-state index < -0.39 is 23.5 Å². The van der Waals surface area contributed by atoms with Gasteiger partial charge in [0, 0.05) is 28.4 Å². The van der Waals surface area contributed by atoms with Crippen LogP contribution >= 0.6 is 22.9 Å². The van der Waals surface area contributed by atoms with Crippen LogP contribution in [0.1, 0.15) is 22.9 Å². The van der Waals surface area contributed by atoms with Gasteiger partial charge in [0.25, 0.3) is 5.91 Å². The number of likely N-dealkylation sites (tertiary alicyclic amines) is 1.